The molecule has 0 rings (SSSR count). The molecule has 3 unspecified atom stereocenters. The molecular formula is C52H93NO5. The molecule has 0 saturated heterocycles. The summed E-state index contributed by atoms with van der Waals surface area (Å²) in [5.41, 5.74) is 0. The predicted molar refractivity (Wildman–Crippen MR) is 250 cm³/mol. The van der Waals surface area contributed by atoms with Crippen molar-refractivity contribution in [1.29, 1.82) is 0 Å². The van der Waals surface area contributed by atoms with E-state index in [2.05, 4.69) is 86.8 Å². The minimum Gasteiger partial charge on any atom is -0.462 e. The fourth-order valence-electron chi connectivity index (χ4n) is 7.15. The van der Waals surface area contributed by atoms with E-state index in [1.165, 1.54) is 83.5 Å². The quantitative estimate of drug-likeness (QED) is 0.0247. The highest BCUT2D eigenvalue weighted by molar-refractivity contribution is 5.77. The van der Waals surface area contributed by atoms with Crippen molar-refractivity contribution in [2.75, 3.05) is 6.61 Å². The summed E-state index contributed by atoms with van der Waals surface area (Å²) in [6.45, 7) is 6.36. The van der Waals surface area contributed by atoms with Crippen molar-refractivity contribution >= 4 is 11.9 Å². The Morgan fingerprint density at radius 2 is 0.931 bits per heavy atom. The molecule has 0 aromatic rings. The molecule has 3 N–H and O–H groups in total. The normalized spacial score (nSPS) is 13.8. The number of carbonyl (C=O) groups is 2. The van der Waals surface area contributed by atoms with Gasteiger partial charge in [0.15, 0.2) is 0 Å². The van der Waals surface area contributed by atoms with E-state index in [0.717, 1.165) is 103 Å². The van der Waals surface area contributed by atoms with E-state index in [4.69, 9.17) is 4.74 Å². The first-order chi connectivity index (χ1) is 28.5. The second-order valence-electron chi connectivity index (χ2n) is 16.6. The molecule has 0 aliphatic heterocycles. The van der Waals surface area contributed by atoms with Gasteiger partial charge in [0.05, 0.1) is 25.2 Å². The number of hydrogen-bond acceptors (Lipinski definition) is 5. The third kappa shape index (κ3) is 40.3. The van der Waals surface area contributed by atoms with Gasteiger partial charge in [-0.15, -0.1) is 0 Å². The number of unbranched alkanes of at least 4 members (excludes halogenated alkanes) is 24. The van der Waals surface area contributed by atoms with Crippen LogP contribution >= 0.6 is 0 Å². The van der Waals surface area contributed by atoms with Crippen molar-refractivity contribution in [1.82, 2.24) is 5.32 Å². The first-order valence-corrected chi connectivity index (χ1v) is 24.6. The molecule has 6 heteroatoms. The van der Waals surface area contributed by atoms with Crippen LogP contribution in [0.4, 0.5) is 0 Å². The van der Waals surface area contributed by atoms with Gasteiger partial charge >= 0.3 is 5.97 Å². The highest BCUT2D eigenvalue weighted by Crippen LogP contribution is 2.17. The summed E-state index contributed by atoms with van der Waals surface area (Å²) < 4.78 is 5.88. The number of carbonyl (C=O) groups excluding carboxylic acids is 2. The van der Waals surface area contributed by atoms with Crippen molar-refractivity contribution < 1.29 is 24.5 Å². The van der Waals surface area contributed by atoms with Gasteiger partial charge in [-0.25, -0.2) is 0 Å². The first kappa shape index (κ1) is 55.6. The monoisotopic (exact) mass is 812 g/mol. The molecular weight excluding hydrogens is 719 g/mol. The second-order valence-corrected chi connectivity index (χ2v) is 16.6. The maximum Gasteiger partial charge on any atom is 0.306 e. The van der Waals surface area contributed by atoms with Gasteiger partial charge in [0, 0.05) is 6.42 Å². The number of aliphatic hydroxyl groups excluding tert-OH is 2. The third-order valence-electron chi connectivity index (χ3n) is 10.9. The van der Waals surface area contributed by atoms with E-state index in [1.807, 2.05) is 0 Å². The molecule has 0 aliphatic rings. The number of esters is 1. The van der Waals surface area contributed by atoms with Gasteiger partial charge in [0.2, 0.25) is 5.91 Å². The molecule has 0 heterocycles. The van der Waals surface area contributed by atoms with E-state index < -0.39 is 18.2 Å². The number of nitrogens with one attached hydrogen (secondary N) is 1. The van der Waals surface area contributed by atoms with Crippen LogP contribution in [0.2, 0.25) is 0 Å². The maximum atomic E-state index is 13.1. The number of aliphatic hydroxyl groups is 2. The van der Waals surface area contributed by atoms with Crippen molar-refractivity contribution in [2.45, 2.75) is 251 Å². The van der Waals surface area contributed by atoms with E-state index in [0.29, 0.717) is 19.3 Å². The number of amides is 1. The highest BCUT2D eigenvalue weighted by Gasteiger charge is 2.24. The average Bonchev–Trinajstić information content (AvgIpc) is 3.22. The van der Waals surface area contributed by atoms with Crippen molar-refractivity contribution in [3.63, 3.8) is 0 Å². The number of allylic oxidation sites excluding steroid dienone is 10. The fraction of sp³-hybridized carbons (Fsp3) is 0.769. The SMILES string of the molecule is CCC/C=C\CCCCCC(CC(=O)NC(CO)C(O)CCCCCCCCCCCCCCC)OC(=O)CCCCCCC/C=C/C=C/C=C/C=C/CCCCC. The predicted octanol–water partition coefficient (Wildman–Crippen LogP) is 14.5. The minimum absolute atomic E-state index is 0.0548. The lowest BCUT2D eigenvalue weighted by Crippen LogP contribution is -2.46. The second kappa shape index (κ2) is 45.6. The zero-order chi connectivity index (χ0) is 42.4. The highest BCUT2D eigenvalue weighted by atomic mass is 16.5. The molecule has 1 amide bonds. The van der Waals surface area contributed by atoms with Crippen molar-refractivity contribution in [3.05, 3.63) is 60.8 Å². The standard InChI is InChI=1S/C52H93NO5/c1-4-7-10-13-16-19-21-23-24-25-26-27-29-31-33-36-39-42-45-52(57)58-48(43-40-37-34-18-15-12-9-6-3)46-51(56)53-49(47-54)50(55)44-41-38-35-32-30-28-22-20-17-14-11-8-5-2/h12,15-16,19,21,23-27,48-50,54-55H,4-11,13-14,17-18,20,22,28-47H2,1-3H3,(H,53,56)/b15-12-,19-16+,23-21+,25-24+,27-26+. The van der Waals surface area contributed by atoms with Crippen molar-refractivity contribution in [3.8, 4) is 0 Å². The Labute approximate surface area is 358 Å². The Kier molecular flexibility index (Phi) is 43.7. The Hall–Kier alpha value is -2.44. The van der Waals surface area contributed by atoms with Gasteiger partial charge in [0.1, 0.15) is 6.10 Å². The Morgan fingerprint density at radius 3 is 1.50 bits per heavy atom. The first-order valence-electron chi connectivity index (χ1n) is 24.6. The van der Waals surface area contributed by atoms with E-state index in [1.54, 1.807) is 0 Å². The van der Waals surface area contributed by atoms with Crippen LogP contribution < -0.4 is 5.32 Å². The van der Waals surface area contributed by atoms with Crippen LogP contribution in [-0.2, 0) is 14.3 Å². The molecule has 0 aromatic carbocycles. The molecule has 3 atom stereocenters. The fourth-order valence-corrected chi connectivity index (χ4v) is 7.15. The molecule has 0 radical (unpaired) electrons. The number of hydrogen-bond donors (Lipinski definition) is 3. The lowest BCUT2D eigenvalue weighted by Gasteiger charge is -2.24. The summed E-state index contributed by atoms with van der Waals surface area (Å²) in [5.74, 6) is -0.521. The molecule has 6 nitrogen and oxygen atoms in total. The maximum absolute atomic E-state index is 13.1. The van der Waals surface area contributed by atoms with Crippen LogP contribution in [0.1, 0.15) is 233 Å². The molecule has 0 saturated carbocycles. The van der Waals surface area contributed by atoms with Gasteiger partial charge < -0.3 is 20.3 Å². The largest absolute Gasteiger partial charge is 0.462 e. The summed E-state index contributed by atoms with van der Waals surface area (Å²) in [4.78, 5) is 26.0. The number of rotatable bonds is 43. The molecule has 0 spiro atoms. The molecule has 0 aliphatic carbocycles. The zero-order valence-corrected chi connectivity index (χ0v) is 38.2. The van der Waals surface area contributed by atoms with Crippen LogP contribution in [0.25, 0.3) is 0 Å². The summed E-state index contributed by atoms with van der Waals surface area (Å²) in [5, 5.41) is 23.7. The van der Waals surface area contributed by atoms with Gasteiger partial charge in [-0.3, -0.25) is 9.59 Å². The summed E-state index contributed by atoms with van der Waals surface area (Å²) in [7, 11) is 0. The zero-order valence-electron chi connectivity index (χ0n) is 38.2. The van der Waals surface area contributed by atoms with E-state index in [-0.39, 0.29) is 24.9 Å². The minimum atomic E-state index is -0.795. The number of ether oxygens (including phenoxy) is 1. The average molecular weight is 812 g/mol. The summed E-state index contributed by atoms with van der Waals surface area (Å²) in [6, 6.07) is -0.711. The van der Waals surface area contributed by atoms with Gasteiger partial charge in [0.25, 0.3) is 0 Å². The molecule has 58 heavy (non-hydrogen) atoms. The van der Waals surface area contributed by atoms with Crippen LogP contribution in [0.5, 0.6) is 0 Å². The van der Waals surface area contributed by atoms with E-state index in [9.17, 15) is 19.8 Å². The molecule has 0 aromatic heterocycles. The third-order valence-corrected chi connectivity index (χ3v) is 10.9. The van der Waals surface area contributed by atoms with Gasteiger partial charge in [-0.1, -0.05) is 210 Å². The molecule has 336 valence electrons. The molecule has 0 bridgehead atoms. The van der Waals surface area contributed by atoms with Crippen molar-refractivity contribution in [2.24, 2.45) is 0 Å². The van der Waals surface area contributed by atoms with Gasteiger partial charge in [-0.05, 0) is 70.6 Å². The lowest BCUT2D eigenvalue weighted by atomic mass is 10.0. The Bertz CT molecular complexity index is 1050. The van der Waals surface area contributed by atoms with Crippen LogP contribution in [-0.4, -0.2) is 46.9 Å². The van der Waals surface area contributed by atoms with Crippen LogP contribution in [0.15, 0.2) is 60.8 Å². The van der Waals surface area contributed by atoms with E-state index >= 15 is 0 Å². The smallest absolute Gasteiger partial charge is 0.306 e. The topological polar surface area (TPSA) is 95.9 Å². The molecule has 0 fully saturated rings. The van der Waals surface area contributed by atoms with Crippen LogP contribution in [0.3, 0.4) is 0 Å². The summed E-state index contributed by atoms with van der Waals surface area (Å²) in [6.07, 6.45) is 55.7. The van der Waals surface area contributed by atoms with Gasteiger partial charge in [-0.2, -0.15) is 0 Å². The Morgan fingerprint density at radius 1 is 0.500 bits per heavy atom. The summed E-state index contributed by atoms with van der Waals surface area (Å²) >= 11 is 0. The Balaban J connectivity index is 4.50. The van der Waals surface area contributed by atoms with Crippen LogP contribution in [0, 0.1) is 0 Å². The lowest BCUT2D eigenvalue weighted by molar-refractivity contribution is -0.151.